The van der Waals surface area contributed by atoms with Crippen molar-refractivity contribution >= 4 is 7.60 Å². The first-order valence-electron chi connectivity index (χ1n) is 12.0. The van der Waals surface area contributed by atoms with Gasteiger partial charge in [0, 0.05) is 0 Å². The number of ether oxygens (including phenoxy) is 1. The van der Waals surface area contributed by atoms with Crippen LogP contribution >= 0.6 is 7.60 Å². The van der Waals surface area contributed by atoms with Crippen LogP contribution in [0.15, 0.2) is 18.7 Å². The van der Waals surface area contributed by atoms with Crippen LogP contribution in [-0.2, 0) is 22.9 Å². The first kappa shape index (κ1) is 27.4. The van der Waals surface area contributed by atoms with Gasteiger partial charge in [0.1, 0.15) is 18.2 Å². The fraction of sp³-hybridized carbons (Fsp3) is 0.870. The molecule has 7 heteroatoms. The maximum atomic E-state index is 10.1. The van der Waals surface area contributed by atoms with Gasteiger partial charge in [-0.2, -0.15) is 0 Å². The van der Waals surface area contributed by atoms with Gasteiger partial charge in [0.15, 0.2) is 7.60 Å². The van der Waals surface area contributed by atoms with E-state index in [-0.39, 0.29) is 6.10 Å². The van der Waals surface area contributed by atoms with Crippen LogP contribution in [0.3, 0.4) is 0 Å². The van der Waals surface area contributed by atoms with Crippen LogP contribution in [0.1, 0.15) is 104 Å². The van der Waals surface area contributed by atoms with Crippen molar-refractivity contribution in [2.24, 2.45) is 7.05 Å². The van der Waals surface area contributed by atoms with Gasteiger partial charge in [-0.15, -0.1) is 0 Å². The van der Waals surface area contributed by atoms with Crippen molar-refractivity contribution in [3.63, 3.8) is 0 Å². The van der Waals surface area contributed by atoms with Gasteiger partial charge in [-0.05, 0) is 19.8 Å². The van der Waals surface area contributed by atoms with Crippen molar-refractivity contribution in [2.75, 3.05) is 0 Å². The molecule has 1 N–H and O–H groups in total. The molecule has 1 aliphatic heterocycles. The lowest BCUT2D eigenvalue weighted by Gasteiger charge is -2.10. The van der Waals surface area contributed by atoms with Crippen molar-refractivity contribution in [1.82, 2.24) is 4.57 Å². The Morgan fingerprint density at radius 1 is 0.967 bits per heavy atom. The van der Waals surface area contributed by atoms with E-state index in [0.29, 0.717) is 0 Å². The van der Waals surface area contributed by atoms with E-state index in [4.69, 9.17) is 4.89 Å². The topological polar surface area (TPSA) is 81.7 Å². The van der Waals surface area contributed by atoms with E-state index in [1.807, 2.05) is 0 Å². The lowest BCUT2D eigenvalue weighted by molar-refractivity contribution is -0.671. The van der Waals surface area contributed by atoms with Gasteiger partial charge < -0.3 is 19.1 Å². The Kier molecular flexibility index (Phi) is 14.6. The number of unbranched alkanes of at least 4 members (excludes halogenated alkanes) is 13. The molecular weight excluding hydrogens is 399 g/mol. The third kappa shape index (κ3) is 14.3. The molecule has 0 amide bonds. The first-order valence-corrected chi connectivity index (χ1v) is 13.7. The zero-order valence-corrected chi connectivity index (χ0v) is 20.4. The highest BCUT2D eigenvalue weighted by Gasteiger charge is 2.42. The Hall–Kier alpha value is -0.680. The second kappa shape index (κ2) is 16.0. The maximum absolute atomic E-state index is 10.1. The summed E-state index contributed by atoms with van der Waals surface area (Å²) in [4.78, 5) is 18.3. The van der Waals surface area contributed by atoms with Gasteiger partial charge in [-0.25, -0.2) is 9.13 Å². The highest BCUT2D eigenvalue weighted by molar-refractivity contribution is 7.51. The van der Waals surface area contributed by atoms with Crippen LogP contribution < -0.4 is 9.46 Å². The molecule has 0 bridgehead atoms. The van der Waals surface area contributed by atoms with Gasteiger partial charge in [0.2, 0.25) is 6.33 Å². The lowest BCUT2D eigenvalue weighted by atomic mass is 10.0. The molecule has 2 rings (SSSR count). The smallest absolute Gasteiger partial charge is 0.243 e. The van der Waals surface area contributed by atoms with E-state index < -0.39 is 13.4 Å². The lowest BCUT2D eigenvalue weighted by Crippen LogP contribution is -2.23. The number of nitrogens with zero attached hydrogens (tertiary/aromatic N) is 2. The zero-order chi connectivity index (χ0) is 22.2. The average Bonchev–Trinajstić information content (AvgIpc) is 3.31. The van der Waals surface area contributed by atoms with Crippen LogP contribution in [0.25, 0.3) is 0 Å². The molecule has 30 heavy (non-hydrogen) atoms. The van der Waals surface area contributed by atoms with Crippen molar-refractivity contribution in [1.29, 1.82) is 0 Å². The zero-order valence-electron chi connectivity index (χ0n) is 19.5. The molecule has 1 unspecified atom stereocenters. The predicted molar refractivity (Wildman–Crippen MR) is 120 cm³/mol. The van der Waals surface area contributed by atoms with Crippen molar-refractivity contribution in [3.8, 4) is 0 Å². The number of rotatable bonds is 16. The highest BCUT2D eigenvalue weighted by Crippen LogP contribution is 2.49. The number of hydrogen-bond donors (Lipinski definition) is 1. The van der Waals surface area contributed by atoms with E-state index in [2.05, 4.69) is 46.6 Å². The van der Waals surface area contributed by atoms with Gasteiger partial charge in [-0.3, -0.25) is 0 Å². The number of imidazole rings is 1. The summed E-state index contributed by atoms with van der Waals surface area (Å²) in [5.41, 5.74) is 0. The van der Waals surface area contributed by atoms with E-state index in [1.54, 1.807) is 6.92 Å². The normalized spacial score (nSPS) is 19.8. The summed E-state index contributed by atoms with van der Waals surface area (Å²) in [5, 5.41) is 0. The minimum Gasteiger partial charge on any atom is -0.777 e. The number of aromatic nitrogens is 2. The molecule has 3 atom stereocenters. The van der Waals surface area contributed by atoms with Crippen molar-refractivity contribution in [2.45, 2.75) is 122 Å². The summed E-state index contributed by atoms with van der Waals surface area (Å²) in [6.45, 7) is 5.06. The molecule has 1 fully saturated rings. The molecule has 176 valence electrons. The van der Waals surface area contributed by atoms with E-state index in [1.165, 1.54) is 96.4 Å². The Morgan fingerprint density at radius 2 is 1.40 bits per heavy atom. The van der Waals surface area contributed by atoms with Crippen LogP contribution in [0.4, 0.5) is 0 Å². The van der Waals surface area contributed by atoms with Crippen LogP contribution in [0.2, 0.25) is 0 Å². The summed E-state index contributed by atoms with van der Waals surface area (Å²) in [7, 11) is -2.07. The Balaban J connectivity index is 0.000000467. The van der Waals surface area contributed by atoms with E-state index in [9.17, 15) is 9.46 Å². The average molecular weight is 445 g/mol. The van der Waals surface area contributed by atoms with E-state index >= 15 is 0 Å². The Morgan fingerprint density at radius 3 is 1.70 bits per heavy atom. The molecule has 0 aromatic carbocycles. The molecule has 2 heterocycles. The minimum atomic E-state index is -4.15. The number of epoxide rings is 1. The standard InChI is InChI=1S/C20H39N2.C3H7O4P/c1-3-4-5-6-7-8-9-10-11-12-13-14-15-16-17-22-19-18-21(2)20-22;1-2-3(7-2)8(4,5)6/h18-20H,3-17H2,1-2H3;2-3H,1H3,(H2,4,5,6)/q+1;/p-1/t;2-,3+/m.1/s1. The van der Waals surface area contributed by atoms with Crippen molar-refractivity contribution < 1.29 is 23.7 Å². The summed E-state index contributed by atoms with van der Waals surface area (Å²) < 4.78 is 18.9. The molecule has 1 saturated heterocycles. The largest absolute Gasteiger partial charge is 0.777 e. The van der Waals surface area contributed by atoms with Gasteiger partial charge in [0.25, 0.3) is 0 Å². The minimum absolute atomic E-state index is 0.316. The maximum Gasteiger partial charge on any atom is 0.243 e. The molecule has 1 aromatic rings. The molecular formula is C23H45N2O4P. The summed E-state index contributed by atoms with van der Waals surface area (Å²) >= 11 is 0. The van der Waals surface area contributed by atoms with Crippen LogP contribution in [-0.4, -0.2) is 21.4 Å². The third-order valence-electron chi connectivity index (χ3n) is 5.59. The van der Waals surface area contributed by atoms with Gasteiger partial charge in [-0.1, -0.05) is 84.0 Å². The summed E-state index contributed by atoms with van der Waals surface area (Å²) in [6, 6.07) is 0. The third-order valence-corrected chi connectivity index (χ3v) is 6.78. The molecule has 1 aromatic heterocycles. The molecule has 0 aliphatic carbocycles. The fourth-order valence-electron chi connectivity index (χ4n) is 3.64. The summed E-state index contributed by atoms with van der Waals surface area (Å²) in [6.07, 6.45) is 26.2. The van der Waals surface area contributed by atoms with E-state index in [0.717, 1.165) is 0 Å². The Bertz CT molecular complexity index is 588. The van der Waals surface area contributed by atoms with Gasteiger partial charge in [0.05, 0.1) is 19.7 Å². The van der Waals surface area contributed by atoms with Crippen LogP contribution in [0, 0.1) is 0 Å². The Labute approximate surface area is 184 Å². The molecule has 0 saturated carbocycles. The quantitative estimate of drug-likeness (QED) is 0.167. The molecule has 0 radical (unpaired) electrons. The summed E-state index contributed by atoms with van der Waals surface area (Å²) in [5.74, 6) is -0.928. The number of aryl methyl sites for hydroxylation is 2. The SMILES string of the molecule is CCCCCCCCCCCCCCCCn1cc[n+](C)c1.C[C@H]1O[C@H]1P(=O)([O-])O. The monoisotopic (exact) mass is 444 g/mol. The van der Waals surface area contributed by atoms with Gasteiger partial charge >= 0.3 is 0 Å². The van der Waals surface area contributed by atoms with Crippen LogP contribution in [0.5, 0.6) is 0 Å². The second-order valence-corrected chi connectivity index (χ2v) is 10.3. The highest BCUT2D eigenvalue weighted by atomic mass is 31.2. The number of hydrogen-bond acceptors (Lipinski definition) is 3. The molecule has 1 aliphatic rings. The fourth-order valence-corrected chi connectivity index (χ4v) is 4.52. The molecule has 6 nitrogen and oxygen atoms in total. The predicted octanol–water partition coefficient (Wildman–Crippen LogP) is 5.07. The van der Waals surface area contributed by atoms with Crippen molar-refractivity contribution in [3.05, 3.63) is 18.7 Å². The molecule has 0 spiro atoms. The first-order chi connectivity index (χ1) is 14.3. The second-order valence-electron chi connectivity index (χ2n) is 8.71.